The number of halogens is 3. The van der Waals surface area contributed by atoms with Gasteiger partial charge in [0.25, 0.3) is 0 Å². The van der Waals surface area contributed by atoms with Gasteiger partial charge in [0.2, 0.25) is 5.88 Å². The standard InChI is InChI=1S/C13H8F3N3O/c14-7-4-9(16)8(15)3-6(7)11-12-5(1-2-19-11)10(17)13(18)20-12/h1-4H,17-18H2. The first kappa shape index (κ1) is 12.3. The van der Waals surface area contributed by atoms with Crippen molar-refractivity contribution in [3.63, 3.8) is 0 Å². The Labute approximate surface area is 110 Å². The lowest BCUT2D eigenvalue weighted by Gasteiger charge is -2.04. The molecule has 0 aliphatic rings. The third kappa shape index (κ3) is 1.67. The van der Waals surface area contributed by atoms with Crippen LogP contribution in [-0.4, -0.2) is 4.98 Å². The number of hydrogen-bond acceptors (Lipinski definition) is 4. The number of nitrogens with zero attached hydrogens (tertiary/aromatic N) is 1. The minimum absolute atomic E-state index is 0.00213. The van der Waals surface area contributed by atoms with Crippen LogP contribution in [0.2, 0.25) is 0 Å². The molecule has 0 aliphatic heterocycles. The molecule has 3 aromatic rings. The lowest BCUT2D eigenvalue weighted by Crippen LogP contribution is -1.93. The van der Waals surface area contributed by atoms with Crippen molar-refractivity contribution in [3.8, 4) is 11.3 Å². The van der Waals surface area contributed by atoms with Gasteiger partial charge in [0.05, 0.1) is 0 Å². The Hall–Kier alpha value is -2.70. The maximum Gasteiger partial charge on any atom is 0.214 e. The number of pyridine rings is 1. The van der Waals surface area contributed by atoms with E-state index in [1.807, 2.05) is 0 Å². The molecule has 0 radical (unpaired) electrons. The lowest BCUT2D eigenvalue weighted by atomic mass is 10.1. The van der Waals surface area contributed by atoms with Gasteiger partial charge < -0.3 is 15.9 Å². The molecule has 0 saturated heterocycles. The molecule has 4 N–H and O–H groups in total. The largest absolute Gasteiger partial charge is 0.436 e. The van der Waals surface area contributed by atoms with Crippen LogP contribution >= 0.6 is 0 Å². The Kier molecular flexibility index (Phi) is 2.56. The topological polar surface area (TPSA) is 78.1 Å². The van der Waals surface area contributed by atoms with Gasteiger partial charge in [-0.05, 0) is 12.1 Å². The minimum atomic E-state index is -1.28. The summed E-state index contributed by atoms with van der Waals surface area (Å²) < 4.78 is 45.3. The van der Waals surface area contributed by atoms with Crippen LogP contribution in [-0.2, 0) is 0 Å². The molecule has 0 amide bonds. The molecule has 0 aliphatic carbocycles. The molecular formula is C13H8F3N3O. The van der Waals surface area contributed by atoms with E-state index in [4.69, 9.17) is 15.9 Å². The number of nitrogens with two attached hydrogens (primary N) is 2. The second kappa shape index (κ2) is 4.16. The molecule has 0 bridgehead atoms. The monoisotopic (exact) mass is 279 g/mol. The van der Waals surface area contributed by atoms with Crippen molar-refractivity contribution in [2.75, 3.05) is 11.5 Å². The second-order valence-corrected chi connectivity index (χ2v) is 4.16. The number of fused-ring (bicyclic) bond motifs is 1. The summed E-state index contributed by atoms with van der Waals surface area (Å²) in [5.41, 5.74) is 11.3. The maximum atomic E-state index is 13.8. The Morgan fingerprint density at radius 1 is 1.00 bits per heavy atom. The predicted molar refractivity (Wildman–Crippen MR) is 68.1 cm³/mol. The van der Waals surface area contributed by atoms with Crippen LogP contribution in [0.1, 0.15) is 0 Å². The minimum Gasteiger partial charge on any atom is -0.436 e. The van der Waals surface area contributed by atoms with E-state index in [9.17, 15) is 13.2 Å². The van der Waals surface area contributed by atoms with Crippen molar-refractivity contribution in [2.45, 2.75) is 0 Å². The van der Waals surface area contributed by atoms with Crippen molar-refractivity contribution >= 4 is 22.5 Å². The Bertz CT molecular complexity index is 829. The normalized spacial score (nSPS) is 11.2. The average molecular weight is 279 g/mol. The Morgan fingerprint density at radius 3 is 2.45 bits per heavy atom. The van der Waals surface area contributed by atoms with Crippen LogP contribution in [0, 0.1) is 17.5 Å². The highest BCUT2D eigenvalue weighted by Gasteiger charge is 2.19. The zero-order valence-corrected chi connectivity index (χ0v) is 9.95. The number of nitrogen functional groups attached to an aromatic ring is 2. The fourth-order valence-electron chi connectivity index (χ4n) is 1.96. The molecule has 0 atom stereocenters. The summed E-state index contributed by atoms with van der Waals surface area (Å²) in [5.74, 6) is -3.47. The fraction of sp³-hybridized carbons (Fsp3) is 0. The highest BCUT2D eigenvalue weighted by atomic mass is 19.2. The molecule has 0 spiro atoms. The molecule has 20 heavy (non-hydrogen) atoms. The van der Waals surface area contributed by atoms with Crippen molar-refractivity contribution in [2.24, 2.45) is 0 Å². The van der Waals surface area contributed by atoms with E-state index in [-0.39, 0.29) is 28.4 Å². The highest BCUT2D eigenvalue weighted by Crippen LogP contribution is 2.36. The van der Waals surface area contributed by atoms with Crippen LogP contribution in [0.5, 0.6) is 0 Å². The zero-order valence-electron chi connectivity index (χ0n) is 9.95. The van der Waals surface area contributed by atoms with Crippen LogP contribution in [0.3, 0.4) is 0 Å². The molecule has 2 aromatic heterocycles. The molecule has 0 unspecified atom stereocenters. The quantitative estimate of drug-likeness (QED) is 0.671. The number of hydrogen-bond donors (Lipinski definition) is 2. The van der Waals surface area contributed by atoms with Crippen molar-refractivity contribution in [3.05, 3.63) is 41.8 Å². The van der Waals surface area contributed by atoms with E-state index >= 15 is 0 Å². The van der Waals surface area contributed by atoms with E-state index < -0.39 is 17.5 Å². The summed E-state index contributed by atoms with van der Waals surface area (Å²) in [6, 6.07) is 2.69. The third-order valence-electron chi connectivity index (χ3n) is 2.94. The summed E-state index contributed by atoms with van der Waals surface area (Å²) in [6.07, 6.45) is 1.35. The second-order valence-electron chi connectivity index (χ2n) is 4.16. The van der Waals surface area contributed by atoms with E-state index in [1.165, 1.54) is 12.3 Å². The Morgan fingerprint density at radius 2 is 1.70 bits per heavy atom. The average Bonchev–Trinajstić information content (AvgIpc) is 2.70. The highest BCUT2D eigenvalue weighted by molar-refractivity contribution is 6.01. The lowest BCUT2D eigenvalue weighted by molar-refractivity contribution is 0.496. The van der Waals surface area contributed by atoms with Gasteiger partial charge in [0.1, 0.15) is 17.2 Å². The predicted octanol–water partition coefficient (Wildman–Crippen LogP) is 3.08. The summed E-state index contributed by atoms with van der Waals surface area (Å²) in [4.78, 5) is 3.93. The molecule has 1 aromatic carbocycles. The van der Waals surface area contributed by atoms with Crippen molar-refractivity contribution in [1.82, 2.24) is 4.98 Å². The first-order valence-corrected chi connectivity index (χ1v) is 5.56. The van der Waals surface area contributed by atoms with Gasteiger partial charge in [-0.1, -0.05) is 0 Å². The van der Waals surface area contributed by atoms with Gasteiger partial charge in [-0.25, -0.2) is 13.2 Å². The molecule has 0 saturated carbocycles. The van der Waals surface area contributed by atoms with Crippen molar-refractivity contribution < 1.29 is 17.6 Å². The van der Waals surface area contributed by atoms with Gasteiger partial charge in [0.15, 0.2) is 17.2 Å². The number of benzene rings is 1. The van der Waals surface area contributed by atoms with E-state index in [2.05, 4.69) is 4.98 Å². The maximum absolute atomic E-state index is 13.8. The summed E-state index contributed by atoms with van der Waals surface area (Å²) >= 11 is 0. The van der Waals surface area contributed by atoms with Crippen molar-refractivity contribution in [1.29, 1.82) is 0 Å². The van der Waals surface area contributed by atoms with E-state index in [0.717, 1.165) is 0 Å². The third-order valence-corrected chi connectivity index (χ3v) is 2.94. The number of rotatable bonds is 1. The van der Waals surface area contributed by atoms with Gasteiger partial charge >= 0.3 is 0 Å². The SMILES string of the molecule is Nc1oc2c(-c3cc(F)c(F)cc3F)nccc2c1N. The van der Waals surface area contributed by atoms with Crippen LogP contribution in [0.4, 0.5) is 24.7 Å². The van der Waals surface area contributed by atoms with Crippen LogP contribution in [0.15, 0.2) is 28.8 Å². The molecule has 4 nitrogen and oxygen atoms in total. The number of aromatic nitrogens is 1. The zero-order chi connectivity index (χ0) is 14.4. The summed E-state index contributed by atoms with van der Waals surface area (Å²) in [5, 5.41) is 0.427. The van der Waals surface area contributed by atoms with Crippen LogP contribution in [0.25, 0.3) is 22.2 Å². The fourth-order valence-corrected chi connectivity index (χ4v) is 1.96. The number of furan rings is 1. The molecule has 7 heteroatoms. The molecule has 3 rings (SSSR count). The van der Waals surface area contributed by atoms with Gasteiger partial charge in [-0.3, -0.25) is 4.98 Å². The first-order valence-electron chi connectivity index (χ1n) is 5.56. The summed E-state index contributed by atoms with van der Waals surface area (Å²) in [6.45, 7) is 0. The molecule has 2 heterocycles. The molecule has 102 valence electrons. The van der Waals surface area contributed by atoms with E-state index in [1.54, 1.807) is 0 Å². The van der Waals surface area contributed by atoms with Gasteiger partial charge in [0, 0.05) is 23.2 Å². The van der Waals surface area contributed by atoms with E-state index in [0.29, 0.717) is 17.5 Å². The number of anilines is 2. The smallest absolute Gasteiger partial charge is 0.214 e. The van der Waals surface area contributed by atoms with Gasteiger partial charge in [-0.15, -0.1) is 0 Å². The summed E-state index contributed by atoms with van der Waals surface area (Å²) in [7, 11) is 0. The molecular weight excluding hydrogens is 271 g/mol. The Balaban J connectivity index is 2.35. The van der Waals surface area contributed by atoms with Crippen LogP contribution < -0.4 is 11.5 Å². The molecule has 0 fully saturated rings. The first-order chi connectivity index (χ1) is 9.49. The van der Waals surface area contributed by atoms with Gasteiger partial charge in [-0.2, -0.15) is 0 Å².